The van der Waals surface area contributed by atoms with Crippen LogP contribution in [0.15, 0.2) is 58.1 Å². The van der Waals surface area contributed by atoms with E-state index in [0.29, 0.717) is 23.5 Å². The van der Waals surface area contributed by atoms with Gasteiger partial charge in [0.25, 0.3) is 0 Å². The normalized spacial score (nSPS) is 15.4. The van der Waals surface area contributed by atoms with Crippen LogP contribution < -0.4 is 0 Å². The molecule has 0 aliphatic carbocycles. The molecule has 0 N–H and O–H groups in total. The molecular formula is C25H25F2N3O2S. The zero-order chi connectivity index (χ0) is 23.4. The van der Waals surface area contributed by atoms with Crippen LogP contribution in [-0.4, -0.2) is 33.3 Å². The molecule has 8 heteroatoms. The first-order valence-electron chi connectivity index (χ1n) is 10.9. The van der Waals surface area contributed by atoms with E-state index in [2.05, 4.69) is 24.9 Å². The predicted octanol–water partition coefficient (Wildman–Crippen LogP) is 6.33. The topological polar surface area (TPSA) is 58.7 Å². The maximum atomic E-state index is 14.0. The zero-order valence-electron chi connectivity index (χ0n) is 18.6. The van der Waals surface area contributed by atoms with E-state index in [1.165, 1.54) is 12.3 Å². The van der Waals surface area contributed by atoms with E-state index in [1.54, 1.807) is 16.7 Å². The van der Waals surface area contributed by atoms with Gasteiger partial charge in [-0.25, -0.2) is 18.8 Å². The van der Waals surface area contributed by atoms with Gasteiger partial charge >= 0.3 is 0 Å². The summed E-state index contributed by atoms with van der Waals surface area (Å²) < 4.78 is 32.8. The van der Waals surface area contributed by atoms with Crippen molar-refractivity contribution in [2.45, 2.75) is 39.0 Å². The van der Waals surface area contributed by atoms with Crippen LogP contribution in [0.1, 0.15) is 44.1 Å². The molecule has 172 valence electrons. The van der Waals surface area contributed by atoms with Gasteiger partial charge in [0.1, 0.15) is 11.6 Å². The summed E-state index contributed by atoms with van der Waals surface area (Å²) in [5, 5.41) is 0.709. The van der Waals surface area contributed by atoms with Gasteiger partial charge in [-0.2, -0.15) is 0 Å². The number of aryl methyl sites for hydroxylation is 1. The Kier molecular flexibility index (Phi) is 7.23. The number of rotatable bonds is 6. The van der Waals surface area contributed by atoms with Crippen molar-refractivity contribution in [3.63, 3.8) is 0 Å². The summed E-state index contributed by atoms with van der Waals surface area (Å²) in [6.07, 6.45) is 2.76. The molecule has 4 rings (SSSR count). The molecule has 0 atom stereocenters. The first-order chi connectivity index (χ1) is 15.9. The molecule has 1 fully saturated rings. The average molecular weight is 470 g/mol. The minimum absolute atomic E-state index is 0.0595. The second-order valence-corrected chi connectivity index (χ2v) is 9.16. The molecule has 0 bridgehead atoms. The molecule has 3 aromatic rings. The number of para-hydroxylation sites is 1. The van der Waals surface area contributed by atoms with E-state index in [-0.39, 0.29) is 30.1 Å². The third-order valence-electron chi connectivity index (χ3n) is 5.37. The fourth-order valence-electron chi connectivity index (χ4n) is 3.65. The van der Waals surface area contributed by atoms with Crippen molar-refractivity contribution in [2.24, 2.45) is 4.99 Å². The number of amidine groups is 1. The summed E-state index contributed by atoms with van der Waals surface area (Å²) in [6, 6.07) is 11.3. The Morgan fingerprint density at radius 1 is 1.24 bits per heavy atom. The molecule has 1 saturated heterocycles. The summed E-state index contributed by atoms with van der Waals surface area (Å²) in [4.78, 5) is 23.7. The van der Waals surface area contributed by atoms with Gasteiger partial charge < -0.3 is 4.42 Å². The van der Waals surface area contributed by atoms with Crippen LogP contribution >= 0.6 is 11.8 Å². The summed E-state index contributed by atoms with van der Waals surface area (Å²) in [6.45, 7) is 4.86. The van der Waals surface area contributed by atoms with E-state index in [0.717, 1.165) is 35.6 Å². The smallest absolute Gasteiger partial charge is 0.229 e. The molecule has 0 radical (unpaired) electrons. The number of benzene rings is 2. The van der Waals surface area contributed by atoms with Gasteiger partial charge in [-0.3, -0.25) is 9.69 Å². The Labute approximate surface area is 195 Å². The van der Waals surface area contributed by atoms with Crippen LogP contribution in [-0.2, 0) is 11.2 Å². The molecule has 33 heavy (non-hydrogen) atoms. The third-order valence-corrected chi connectivity index (χ3v) is 6.43. The monoisotopic (exact) mass is 469 g/mol. The van der Waals surface area contributed by atoms with Crippen molar-refractivity contribution in [2.75, 3.05) is 12.3 Å². The number of amides is 1. The molecule has 1 aromatic heterocycles. The summed E-state index contributed by atoms with van der Waals surface area (Å²) in [7, 11) is 0. The number of aromatic nitrogens is 1. The maximum Gasteiger partial charge on any atom is 0.229 e. The van der Waals surface area contributed by atoms with Crippen LogP contribution in [0.25, 0.3) is 11.3 Å². The van der Waals surface area contributed by atoms with Gasteiger partial charge in [-0.15, -0.1) is 0 Å². The molecule has 5 nitrogen and oxygen atoms in total. The fraction of sp³-hybridized carbons (Fsp3) is 0.320. The first-order valence-corrected chi connectivity index (χ1v) is 11.9. The number of nitrogens with zero attached hydrogens (tertiary/aromatic N) is 3. The zero-order valence-corrected chi connectivity index (χ0v) is 19.4. The van der Waals surface area contributed by atoms with Crippen LogP contribution in [0.5, 0.6) is 0 Å². The van der Waals surface area contributed by atoms with Gasteiger partial charge in [0.2, 0.25) is 5.91 Å². The SMILES string of the molecule is CC(C)c1ccccc1N=C1SCCCN1C(=O)CCc1ncc(-c2ccc(F)cc2F)o1. The maximum absolute atomic E-state index is 14.0. The summed E-state index contributed by atoms with van der Waals surface area (Å²) in [5.74, 6) is 0.338. The largest absolute Gasteiger partial charge is 0.441 e. The molecule has 1 aliphatic heterocycles. The molecule has 0 spiro atoms. The fourth-order valence-corrected chi connectivity index (χ4v) is 4.62. The van der Waals surface area contributed by atoms with Crippen molar-refractivity contribution < 1.29 is 18.0 Å². The van der Waals surface area contributed by atoms with Crippen LogP contribution in [0, 0.1) is 11.6 Å². The van der Waals surface area contributed by atoms with Crippen molar-refractivity contribution in [3.05, 3.63) is 71.8 Å². The molecule has 2 aromatic carbocycles. The summed E-state index contributed by atoms with van der Waals surface area (Å²) >= 11 is 1.58. The van der Waals surface area contributed by atoms with Crippen LogP contribution in [0.4, 0.5) is 14.5 Å². The first kappa shape index (κ1) is 23.2. The molecule has 0 unspecified atom stereocenters. The lowest BCUT2D eigenvalue weighted by molar-refractivity contribution is -0.127. The number of hydrogen-bond acceptors (Lipinski definition) is 5. The predicted molar refractivity (Wildman–Crippen MR) is 127 cm³/mol. The number of carbonyl (C=O) groups is 1. The lowest BCUT2D eigenvalue weighted by Gasteiger charge is -2.28. The van der Waals surface area contributed by atoms with Crippen LogP contribution in [0.3, 0.4) is 0 Å². The van der Waals surface area contributed by atoms with Crippen LogP contribution in [0.2, 0.25) is 0 Å². The number of thioether (sulfide) groups is 1. The quantitative estimate of drug-likeness (QED) is 0.423. The van der Waals surface area contributed by atoms with E-state index in [4.69, 9.17) is 9.41 Å². The minimum Gasteiger partial charge on any atom is -0.441 e. The van der Waals surface area contributed by atoms with Gasteiger partial charge in [0.05, 0.1) is 17.4 Å². The Morgan fingerprint density at radius 3 is 2.85 bits per heavy atom. The Balaban J connectivity index is 1.46. The lowest BCUT2D eigenvalue weighted by Crippen LogP contribution is -2.39. The molecular weight excluding hydrogens is 444 g/mol. The number of hydrogen-bond donors (Lipinski definition) is 0. The van der Waals surface area contributed by atoms with Crippen molar-refractivity contribution in [1.82, 2.24) is 9.88 Å². The Bertz CT molecular complexity index is 1180. The van der Waals surface area contributed by atoms with Crippen molar-refractivity contribution in [3.8, 4) is 11.3 Å². The number of carbonyl (C=O) groups excluding carboxylic acids is 1. The second kappa shape index (κ2) is 10.3. The van der Waals surface area contributed by atoms with Gasteiger partial charge in [0.15, 0.2) is 16.8 Å². The molecule has 2 heterocycles. The van der Waals surface area contributed by atoms with E-state index in [1.807, 2.05) is 18.2 Å². The lowest BCUT2D eigenvalue weighted by atomic mass is 10.0. The van der Waals surface area contributed by atoms with E-state index < -0.39 is 11.6 Å². The van der Waals surface area contributed by atoms with Gasteiger partial charge in [0, 0.05) is 31.2 Å². The minimum atomic E-state index is -0.721. The summed E-state index contributed by atoms with van der Waals surface area (Å²) in [5.41, 5.74) is 2.16. The standard InChI is InChI=1S/C25H25F2N3O2S/c1-16(2)18-6-3-4-7-21(18)29-25-30(12-5-13-33-25)24(31)11-10-23-28-15-22(32-23)19-9-8-17(26)14-20(19)27/h3-4,6-9,14-16H,5,10-13H2,1-2H3. The second-order valence-electron chi connectivity index (χ2n) is 8.10. The Morgan fingerprint density at radius 2 is 2.06 bits per heavy atom. The van der Waals surface area contributed by atoms with E-state index >= 15 is 0 Å². The number of aliphatic imine (C=N–C) groups is 1. The number of oxazole rings is 1. The van der Waals surface area contributed by atoms with Crippen molar-refractivity contribution in [1.29, 1.82) is 0 Å². The van der Waals surface area contributed by atoms with Crippen molar-refractivity contribution >= 4 is 28.5 Å². The highest BCUT2D eigenvalue weighted by atomic mass is 32.2. The highest BCUT2D eigenvalue weighted by Gasteiger charge is 2.24. The highest BCUT2D eigenvalue weighted by molar-refractivity contribution is 8.13. The third kappa shape index (κ3) is 5.50. The average Bonchev–Trinajstić information content (AvgIpc) is 3.27. The molecule has 0 saturated carbocycles. The Hall–Kier alpha value is -3.00. The van der Waals surface area contributed by atoms with E-state index in [9.17, 15) is 13.6 Å². The molecule has 1 aliphatic rings. The van der Waals surface area contributed by atoms with Gasteiger partial charge in [-0.05, 0) is 36.1 Å². The van der Waals surface area contributed by atoms with Gasteiger partial charge in [-0.1, -0.05) is 43.8 Å². The molecule has 1 amide bonds. The number of halogens is 2. The highest BCUT2D eigenvalue weighted by Crippen LogP contribution is 2.30.